The summed E-state index contributed by atoms with van der Waals surface area (Å²) in [5.41, 5.74) is 2.76. The molecule has 0 fully saturated rings. The van der Waals surface area contributed by atoms with E-state index in [0.717, 1.165) is 17.0 Å². The number of aliphatic hydroxyl groups is 1. The van der Waals surface area contributed by atoms with E-state index in [1.54, 1.807) is 0 Å². The quantitative estimate of drug-likeness (QED) is 0.884. The summed E-state index contributed by atoms with van der Waals surface area (Å²) >= 11 is 5.93. The number of aliphatic hydroxyl groups excluding tert-OH is 1. The number of hydrogen-bond donors (Lipinski definition) is 1. The summed E-state index contributed by atoms with van der Waals surface area (Å²) in [5.74, 6) is 0. The lowest BCUT2D eigenvalue weighted by molar-refractivity contribution is 0.298. The van der Waals surface area contributed by atoms with Gasteiger partial charge in [-0.1, -0.05) is 29.8 Å². The van der Waals surface area contributed by atoms with Gasteiger partial charge in [0.05, 0.1) is 5.69 Å². The van der Waals surface area contributed by atoms with Crippen molar-refractivity contribution >= 4 is 11.6 Å². The highest BCUT2D eigenvalue weighted by Crippen LogP contribution is 2.21. The van der Waals surface area contributed by atoms with Crippen molar-refractivity contribution in [2.45, 2.75) is 6.42 Å². The lowest BCUT2D eigenvalue weighted by Crippen LogP contribution is -1.95. The molecule has 0 aliphatic rings. The van der Waals surface area contributed by atoms with Crippen molar-refractivity contribution in [3.63, 3.8) is 0 Å². The Morgan fingerprint density at radius 1 is 1.12 bits per heavy atom. The molecule has 2 aromatic rings. The summed E-state index contributed by atoms with van der Waals surface area (Å²) in [4.78, 5) is 4.46. The van der Waals surface area contributed by atoms with Crippen LogP contribution in [0.3, 0.4) is 0 Å². The molecule has 0 bridgehead atoms. The fourth-order valence-electron chi connectivity index (χ4n) is 1.54. The van der Waals surface area contributed by atoms with Gasteiger partial charge in [-0.2, -0.15) is 0 Å². The molecule has 2 nitrogen and oxygen atoms in total. The lowest BCUT2D eigenvalue weighted by atomic mass is 10.1. The van der Waals surface area contributed by atoms with Gasteiger partial charge in [0.15, 0.2) is 0 Å². The van der Waals surface area contributed by atoms with E-state index < -0.39 is 0 Å². The first-order valence-electron chi connectivity index (χ1n) is 5.12. The smallest absolute Gasteiger partial charge is 0.0705 e. The summed E-state index contributed by atoms with van der Waals surface area (Å²) in [5, 5.41) is 9.56. The van der Waals surface area contributed by atoms with Crippen molar-refractivity contribution in [2.75, 3.05) is 6.61 Å². The second-order valence-electron chi connectivity index (χ2n) is 3.50. The third-order valence-electron chi connectivity index (χ3n) is 2.30. The molecule has 0 radical (unpaired) electrons. The Balaban J connectivity index is 2.36. The summed E-state index contributed by atoms with van der Waals surface area (Å²) in [6, 6.07) is 13.4. The molecule has 0 spiro atoms. The number of rotatable bonds is 3. The molecule has 16 heavy (non-hydrogen) atoms. The van der Waals surface area contributed by atoms with Gasteiger partial charge in [-0.05, 0) is 24.3 Å². The Hall–Kier alpha value is -1.38. The van der Waals surface area contributed by atoms with Crippen LogP contribution in [0, 0.1) is 0 Å². The maximum absolute atomic E-state index is 8.86. The molecule has 1 aromatic heterocycles. The van der Waals surface area contributed by atoms with Gasteiger partial charge in [0, 0.05) is 29.3 Å². The fourth-order valence-corrected chi connectivity index (χ4v) is 1.73. The fraction of sp³-hybridized carbons (Fsp3) is 0.154. The lowest BCUT2D eigenvalue weighted by Gasteiger charge is -2.04. The molecule has 0 amide bonds. The van der Waals surface area contributed by atoms with E-state index in [0.29, 0.717) is 11.4 Å². The van der Waals surface area contributed by atoms with E-state index in [2.05, 4.69) is 4.98 Å². The Morgan fingerprint density at radius 3 is 2.69 bits per heavy atom. The van der Waals surface area contributed by atoms with Gasteiger partial charge >= 0.3 is 0 Å². The van der Waals surface area contributed by atoms with Gasteiger partial charge in [0.1, 0.15) is 0 Å². The van der Waals surface area contributed by atoms with Crippen molar-refractivity contribution in [1.82, 2.24) is 4.98 Å². The van der Waals surface area contributed by atoms with Crippen LogP contribution >= 0.6 is 11.6 Å². The normalized spacial score (nSPS) is 10.4. The Bertz CT molecular complexity index is 485. The third kappa shape index (κ3) is 2.60. The molecular weight excluding hydrogens is 222 g/mol. The molecule has 0 aliphatic heterocycles. The number of hydrogen-bond acceptors (Lipinski definition) is 2. The van der Waals surface area contributed by atoms with E-state index in [4.69, 9.17) is 16.7 Å². The second kappa shape index (κ2) is 5.10. The summed E-state index contributed by atoms with van der Waals surface area (Å²) in [6.07, 6.45) is 0.578. The minimum atomic E-state index is 0.117. The molecule has 0 saturated heterocycles. The second-order valence-corrected chi connectivity index (χ2v) is 3.93. The zero-order chi connectivity index (χ0) is 11.4. The summed E-state index contributed by atoms with van der Waals surface area (Å²) < 4.78 is 0. The van der Waals surface area contributed by atoms with Crippen molar-refractivity contribution in [1.29, 1.82) is 0 Å². The summed E-state index contributed by atoms with van der Waals surface area (Å²) in [6.45, 7) is 0.117. The maximum atomic E-state index is 8.86. The van der Waals surface area contributed by atoms with Crippen molar-refractivity contribution < 1.29 is 5.11 Å². The molecule has 1 heterocycles. The maximum Gasteiger partial charge on any atom is 0.0705 e. The molecule has 3 heteroatoms. The van der Waals surface area contributed by atoms with Crippen LogP contribution in [0.2, 0.25) is 5.02 Å². The Morgan fingerprint density at radius 2 is 1.94 bits per heavy atom. The van der Waals surface area contributed by atoms with Gasteiger partial charge < -0.3 is 5.11 Å². The van der Waals surface area contributed by atoms with Crippen molar-refractivity contribution in [3.05, 3.63) is 53.2 Å². The van der Waals surface area contributed by atoms with Crippen LogP contribution in [0.1, 0.15) is 5.69 Å². The molecule has 0 saturated carbocycles. The monoisotopic (exact) mass is 233 g/mol. The Labute approximate surface area is 99.5 Å². The number of benzene rings is 1. The number of halogens is 1. The minimum absolute atomic E-state index is 0.117. The molecule has 1 aromatic carbocycles. The van der Waals surface area contributed by atoms with Crippen LogP contribution in [0.4, 0.5) is 0 Å². The molecular formula is C13H12ClNO. The zero-order valence-electron chi connectivity index (χ0n) is 8.73. The first kappa shape index (κ1) is 11.1. The zero-order valence-corrected chi connectivity index (χ0v) is 9.48. The standard InChI is InChI=1S/C13H12ClNO/c14-11-4-1-3-10(9-11)13-6-2-5-12(15-13)7-8-16/h1-6,9,16H,7-8H2. The highest BCUT2D eigenvalue weighted by Gasteiger charge is 2.01. The van der Waals surface area contributed by atoms with E-state index in [1.807, 2.05) is 42.5 Å². The molecule has 0 unspecified atom stereocenters. The highest BCUT2D eigenvalue weighted by molar-refractivity contribution is 6.30. The predicted octanol–water partition coefficient (Wildman–Crippen LogP) is 2.94. The number of nitrogens with zero attached hydrogens (tertiary/aromatic N) is 1. The number of aromatic nitrogens is 1. The molecule has 1 N–H and O–H groups in total. The van der Waals surface area contributed by atoms with Crippen LogP contribution in [0.25, 0.3) is 11.3 Å². The first-order valence-corrected chi connectivity index (χ1v) is 5.50. The molecule has 2 rings (SSSR count). The van der Waals surface area contributed by atoms with Crippen LogP contribution in [-0.2, 0) is 6.42 Å². The van der Waals surface area contributed by atoms with Gasteiger partial charge in [0.25, 0.3) is 0 Å². The largest absolute Gasteiger partial charge is 0.396 e. The average Bonchev–Trinajstić information content (AvgIpc) is 2.30. The van der Waals surface area contributed by atoms with E-state index in [9.17, 15) is 0 Å². The van der Waals surface area contributed by atoms with Crippen LogP contribution in [-0.4, -0.2) is 16.7 Å². The summed E-state index contributed by atoms with van der Waals surface area (Å²) in [7, 11) is 0. The van der Waals surface area contributed by atoms with Gasteiger partial charge in [-0.15, -0.1) is 0 Å². The van der Waals surface area contributed by atoms with Crippen LogP contribution < -0.4 is 0 Å². The van der Waals surface area contributed by atoms with Crippen molar-refractivity contribution in [3.8, 4) is 11.3 Å². The minimum Gasteiger partial charge on any atom is -0.396 e. The van der Waals surface area contributed by atoms with Crippen LogP contribution in [0.5, 0.6) is 0 Å². The van der Waals surface area contributed by atoms with Crippen molar-refractivity contribution in [2.24, 2.45) is 0 Å². The SMILES string of the molecule is OCCc1cccc(-c2cccc(Cl)c2)n1. The molecule has 0 atom stereocenters. The van der Waals surface area contributed by atoms with E-state index in [1.165, 1.54) is 0 Å². The Kier molecular flexibility index (Phi) is 3.54. The van der Waals surface area contributed by atoms with E-state index >= 15 is 0 Å². The highest BCUT2D eigenvalue weighted by atomic mass is 35.5. The van der Waals surface area contributed by atoms with Gasteiger partial charge in [0.2, 0.25) is 0 Å². The number of pyridine rings is 1. The molecule has 82 valence electrons. The van der Waals surface area contributed by atoms with Gasteiger partial charge in [-0.25, -0.2) is 0 Å². The van der Waals surface area contributed by atoms with E-state index in [-0.39, 0.29) is 6.61 Å². The predicted molar refractivity (Wildman–Crippen MR) is 65.5 cm³/mol. The first-order chi connectivity index (χ1) is 7.79. The average molecular weight is 234 g/mol. The topological polar surface area (TPSA) is 33.1 Å². The third-order valence-corrected chi connectivity index (χ3v) is 2.53. The van der Waals surface area contributed by atoms with Crippen LogP contribution in [0.15, 0.2) is 42.5 Å². The molecule has 0 aliphatic carbocycles. The van der Waals surface area contributed by atoms with Gasteiger partial charge in [-0.3, -0.25) is 4.98 Å².